The van der Waals surface area contributed by atoms with Crippen molar-refractivity contribution in [3.8, 4) is 0 Å². The number of halogens is 1. The van der Waals surface area contributed by atoms with Gasteiger partial charge in [0.2, 0.25) is 0 Å². The number of likely N-dealkylation sites (tertiary alicyclic amines) is 3. The lowest BCUT2D eigenvalue weighted by Crippen LogP contribution is -2.59. The van der Waals surface area contributed by atoms with Crippen molar-refractivity contribution in [3.05, 3.63) is 0 Å². The Bertz CT molecular complexity index is 337. The highest BCUT2D eigenvalue weighted by Crippen LogP contribution is 2.25. The first-order valence-electron chi connectivity index (χ1n) is 10.5. The van der Waals surface area contributed by atoms with E-state index in [-0.39, 0.29) is 0 Å². The minimum atomic E-state index is -0.899. The molecule has 4 heteroatoms. The summed E-state index contributed by atoms with van der Waals surface area (Å²) in [4.78, 5) is 7.16. The van der Waals surface area contributed by atoms with Crippen molar-refractivity contribution in [3.63, 3.8) is 0 Å². The standard InChI is InChI=1S/C8H17N.C7H14FN.C6H13N/c1-8(2)9-6-4-3-5-7-9;1-6(2)9-4-7(3,8)5-9;1-6(2)7-4-3-5-7/h8H,3-7H2,1-2H3;6H,4-5H2,1-3H3;6H,3-5H2,1-2H3. The Labute approximate surface area is 156 Å². The van der Waals surface area contributed by atoms with E-state index < -0.39 is 5.67 Å². The molecule has 3 heterocycles. The van der Waals surface area contributed by atoms with Crippen molar-refractivity contribution in [1.82, 2.24) is 14.7 Å². The van der Waals surface area contributed by atoms with Crippen LogP contribution in [0.15, 0.2) is 0 Å². The molecule has 150 valence electrons. The topological polar surface area (TPSA) is 9.72 Å². The number of hydrogen-bond acceptors (Lipinski definition) is 3. The Balaban J connectivity index is 0.000000189. The highest BCUT2D eigenvalue weighted by Gasteiger charge is 2.39. The lowest BCUT2D eigenvalue weighted by atomic mass is 9.97. The second kappa shape index (κ2) is 10.8. The monoisotopic (exact) mass is 357 g/mol. The number of alkyl halides is 1. The van der Waals surface area contributed by atoms with E-state index >= 15 is 0 Å². The molecule has 0 aromatic carbocycles. The molecule has 3 rings (SSSR count). The Hall–Kier alpha value is -0.190. The van der Waals surface area contributed by atoms with Crippen LogP contribution < -0.4 is 0 Å². The SMILES string of the molecule is CC(C)N1CC(C)(F)C1.CC(C)N1CCC1.CC(C)N1CCCCC1. The lowest BCUT2D eigenvalue weighted by molar-refractivity contribution is -0.0359. The van der Waals surface area contributed by atoms with Crippen molar-refractivity contribution in [2.24, 2.45) is 0 Å². The molecule has 0 unspecified atom stereocenters. The summed E-state index contributed by atoms with van der Waals surface area (Å²) in [6, 6.07) is 2.06. The third-order valence-corrected chi connectivity index (χ3v) is 5.54. The molecule has 0 aromatic rings. The molecule has 0 amide bonds. The first-order valence-corrected chi connectivity index (χ1v) is 10.5. The molecular formula is C21H44FN3. The minimum absolute atomic E-state index is 0.508. The molecule has 0 atom stereocenters. The van der Waals surface area contributed by atoms with Gasteiger partial charge in [-0.1, -0.05) is 6.42 Å². The van der Waals surface area contributed by atoms with Crippen LogP contribution in [-0.2, 0) is 0 Å². The summed E-state index contributed by atoms with van der Waals surface area (Å²) >= 11 is 0. The Morgan fingerprint density at radius 2 is 0.960 bits per heavy atom. The summed E-state index contributed by atoms with van der Waals surface area (Å²) < 4.78 is 12.8. The number of nitrogens with zero attached hydrogens (tertiary/aromatic N) is 3. The van der Waals surface area contributed by atoms with Crippen LogP contribution in [0.1, 0.15) is 74.1 Å². The maximum Gasteiger partial charge on any atom is 0.133 e. The van der Waals surface area contributed by atoms with Crippen LogP contribution in [0.25, 0.3) is 0 Å². The van der Waals surface area contributed by atoms with E-state index in [1.807, 2.05) is 0 Å². The molecule has 3 saturated heterocycles. The van der Waals surface area contributed by atoms with Crippen LogP contribution in [0.5, 0.6) is 0 Å². The van der Waals surface area contributed by atoms with Crippen molar-refractivity contribution in [2.45, 2.75) is 97.9 Å². The van der Waals surface area contributed by atoms with E-state index in [2.05, 4.69) is 56.2 Å². The van der Waals surface area contributed by atoms with Crippen LogP contribution in [0, 0.1) is 0 Å². The molecule has 0 aromatic heterocycles. The summed E-state index contributed by atoms with van der Waals surface area (Å²) in [5, 5.41) is 0. The van der Waals surface area contributed by atoms with Gasteiger partial charge in [-0.15, -0.1) is 0 Å². The van der Waals surface area contributed by atoms with Crippen molar-refractivity contribution >= 4 is 0 Å². The van der Waals surface area contributed by atoms with E-state index in [9.17, 15) is 4.39 Å². The summed E-state index contributed by atoms with van der Waals surface area (Å²) in [5.74, 6) is 0. The normalized spacial score (nSPS) is 24.1. The molecule has 3 aliphatic rings. The van der Waals surface area contributed by atoms with E-state index in [1.54, 1.807) is 6.92 Å². The molecule has 3 fully saturated rings. The van der Waals surface area contributed by atoms with Gasteiger partial charge in [0.25, 0.3) is 0 Å². The first kappa shape index (κ1) is 22.9. The molecule has 25 heavy (non-hydrogen) atoms. The quantitative estimate of drug-likeness (QED) is 0.740. The zero-order valence-corrected chi connectivity index (χ0v) is 18.0. The van der Waals surface area contributed by atoms with Gasteiger partial charge in [0.05, 0.1) is 0 Å². The van der Waals surface area contributed by atoms with Crippen molar-refractivity contribution in [2.75, 3.05) is 39.3 Å². The molecule has 0 radical (unpaired) electrons. The Morgan fingerprint density at radius 3 is 1.12 bits per heavy atom. The molecule has 0 spiro atoms. The third-order valence-electron chi connectivity index (χ3n) is 5.54. The molecule has 3 nitrogen and oxygen atoms in total. The van der Waals surface area contributed by atoms with E-state index in [0.717, 1.165) is 12.1 Å². The van der Waals surface area contributed by atoms with Gasteiger partial charge in [0, 0.05) is 31.2 Å². The highest BCUT2D eigenvalue weighted by atomic mass is 19.1. The first-order chi connectivity index (χ1) is 11.6. The highest BCUT2D eigenvalue weighted by molar-refractivity contribution is 4.93. The predicted octanol–water partition coefficient (Wildman–Crippen LogP) is 4.42. The molecular weight excluding hydrogens is 313 g/mol. The fourth-order valence-electron chi connectivity index (χ4n) is 3.46. The molecule has 0 N–H and O–H groups in total. The summed E-state index contributed by atoms with van der Waals surface area (Å²) in [6.45, 7) is 21.5. The number of piperidine rings is 1. The molecule has 3 aliphatic heterocycles. The largest absolute Gasteiger partial charge is 0.301 e. The van der Waals surface area contributed by atoms with E-state index in [4.69, 9.17) is 0 Å². The number of hydrogen-bond donors (Lipinski definition) is 0. The van der Waals surface area contributed by atoms with Crippen molar-refractivity contribution in [1.29, 1.82) is 0 Å². The minimum Gasteiger partial charge on any atom is -0.301 e. The van der Waals surface area contributed by atoms with Gasteiger partial charge in [-0.2, -0.15) is 0 Å². The maximum absolute atomic E-state index is 12.8. The lowest BCUT2D eigenvalue weighted by Gasteiger charge is -2.44. The van der Waals surface area contributed by atoms with Crippen LogP contribution in [0.2, 0.25) is 0 Å². The Kier molecular flexibility index (Phi) is 9.91. The van der Waals surface area contributed by atoms with Gasteiger partial charge in [-0.25, -0.2) is 4.39 Å². The summed E-state index contributed by atoms with van der Waals surface area (Å²) in [7, 11) is 0. The van der Waals surface area contributed by atoms with Gasteiger partial charge in [0.1, 0.15) is 5.67 Å². The van der Waals surface area contributed by atoms with Crippen LogP contribution in [0.4, 0.5) is 4.39 Å². The average molecular weight is 358 g/mol. The van der Waals surface area contributed by atoms with E-state index in [1.165, 1.54) is 51.9 Å². The fourth-order valence-corrected chi connectivity index (χ4v) is 3.46. The Morgan fingerprint density at radius 1 is 0.600 bits per heavy atom. The van der Waals surface area contributed by atoms with Crippen molar-refractivity contribution < 1.29 is 4.39 Å². The van der Waals surface area contributed by atoms with Crippen LogP contribution >= 0.6 is 0 Å². The second-order valence-corrected chi connectivity index (χ2v) is 9.09. The van der Waals surface area contributed by atoms with Gasteiger partial charge in [0.15, 0.2) is 0 Å². The maximum atomic E-state index is 12.8. The number of rotatable bonds is 3. The van der Waals surface area contributed by atoms with Crippen LogP contribution in [0.3, 0.4) is 0 Å². The third kappa shape index (κ3) is 8.83. The van der Waals surface area contributed by atoms with Gasteiger partial charge in [-0.05, 0) is 93.9 Å². The van der Waals surface area contributed by atoms with Gasteiger partial charge >= 0.3 is 0 Å². The zero-order chi connectivity index (χ0) is 19.0. The molecule has 0 saturated carbocycles. The molecule has 0 aliphatic carbocycles. The van der Waals surface area contributed by atoms with Gasteiger partial charge < -0.3 is 9.80 Å². The predicted molar refractivity (Wildman–Crippen MR) is 108 cm³/mol. The zero-order valence-electron chi connectivity index (χ0n) is 18.0. The van der Waals surface area contributed by atoms with Gasteiger partial charge in [-0.3, -0.25) is 4.90 Å². The second-order valence-electron chi connectivity index (χ2n) is 9.09. The average Bonchev–Trinajstić information content (AvgIpc) is 2.44. The molecule has 0 bridgehead atoms. The van der Waals surface area contributed by atoms with E-state index in [0.29, 0.717) is 19.1 Å². The smallest absolute Gasteiger partial charge is 0.133 e. The fraction of sp³-hybridized carbons (Fsp3) is 1.00. The summed E-state index contributed by atoms with van der Waals surface area (Å²) in [5.41, 5.74) is -0.899. The van der Waals surface area contributed by atoms with Crippen LogP contribution in [-0.4, -0.2) is 77.8 Å². The summed E-state index contributed by atoms with van der Waals surface area (Å²) in [6.07, 6.45) is 5.69.